The number of ether oxygens (including phenoxy) is 2. The summed E-state index contributed by atoms with van der Waals surface area (Å²) in [5.41, 5.74) is 0.896. The number of nitrogens with zero attached hydrogens (tertiary/aromatic N) is 1. The number of anilines is 1. The minimum absolute atomic E-state index is 0.176. The Morgan fingerprint density at radius 1 is 1.18 bits per heavy atom. The fraction of sp³-hybridized carbons (Fsp3) is 0.125. The molecule has 0 saturated carbocycles. The van der Waals surface area contributed by atoms with E-state index in [0.29, 0.717) is 18.3 Å². The number of amides is 1. The van der Waals surface area contributed by atoms with E-state index in [-0.39, 0.29) is 11.7 Å². The van der Waals surface area contributed by atoms with Crippen LogP contribution in [0.5, 0.6) is 0 Å². The fourth-order valence-electron chi connectivity index (χ4n) is 2.36. The Hall–Kier alpha value is -2.60. The number of thiazole rings is 1. The third-order valence-electron chi connectivity index (χ3n) is 3.38. The summed E-state index contributed by atoms with van der Waals surface area (Å²) in [5.74, 6) is -0.168. The van der Waals surface area contributed by atoms with E-state index in [4.69, 9.17) is 9.47 Å². The van der Waals surface area contributed by atoms with E-state index in [1.54, 1.807) is 0 Å². The first-order valence-corrected chi connectivity index (χ1v) is 7.67. The van der Waals surface area contributed by atoms with Crippen molar-refractivity contribution in [3.05, 3.63) is 48.4 Å². The number of carbonyl (C=O) groups excluding carboxylic acids is 1. The topological polar surface area (TPSA) is 60.5 Å². The molecular formula is C16H12N2O3S. The van der Waals surface area contributed by atoms with Gasteiger partial charge in [0.05, 0.1) is 10.2 Å². The number of hydrogen-bond donors (Lipinski definition) is 1. The lowest BCUT2D eigenvalue weighted by Gasteiger charge is -2.14. The van der Waals surface area contributed by atoms with Gasteiger partial charge in [0.2, 0.25) is 5.76 Å². The van der Waals surface area contributed by atoms with Crippen LogP contribution in [0, 0.1) is 0 Å². The molecular weight excluding hydrogens is 300 g/mol. The molecule has 1 aromatic heterocycles. The van der Waals surface area contributed by atoms with Crippen molar-refractivity contribution < 1.29 is 14.3 Å². The highest BCUT2D eigenvalue weighted by Crippen LogP contribution is 2.31. The molecule has 6 heteroatoms. The summed E-state index contributed by atoms with van der Waals surface area (Å²) in [6.07, 6.45) is 1.33. The highest BCUT2D eigenvalue weighted by molar-refractivity contribution is 7.22. The molecule has 0 bridgehead atoms. The van der Waals surface area contributed by atoms with Gasteiger partial charge in [-0.25, -0.2) is 4.98 Å². The SMILES string of the molecule is O=C(Nc1nc2c(ccc3ccccc32)s1)C1=COCCO1. The lowest BCUT2D eigenvalue weighted by atomic mass is 10.1. The van der Waals surface area contributed by atoms with E-state index < -0.39 is 0 Å². The lowest BCUT2D eigenvalue weighted by Crippen LogP contribution is -2.20. The Kier molecular flexibility index (Phi) is 3.16. The summed E-state index contributed by atoms with van der Waals surface area (Å²) in [7, 11) is 0. The average molecular weight is 312 g/mol. The van der Waals surface area contributed by atoms with Crippen molar-refractivity contribution in [2.24, 2.45) is 0 Å². The minimum atomic E-state index is -0.344. The first-order valence-electron chi connectivity index (χ1n) is 6.85. The highest BCUT2D eigenvalue weighted by atomic mass is 32.1. The molecule has 5 nitrogen and oxygen atoms in total. The summed E-state index contributed by atoms with van der Waals surface area (Å²) in [6, 6.07) is 12.1. The number of aromatic nitrogens is 1. The number of carbonyl (C=O) groups is 1. The maximum Gasteiger partial charge on any atom is 0.295 e. The van der Waals surface area contributed by atoms with Crippen molar-refractivity contribution in [2.75, 3.05) is 18.5 Å². The number of hydrogen-bond acceptors (Lipinski definition) is 5. The van der Waals surface area contributed by atoms with E-state index >= 15 is 0 Å². The van der Waals surface area contributed by atoms with Crippen molar-refractivity contribution in [3.8, 4) is 0 Å². The molecule has 2 heterocycles. The van der Waals surface area contributed by atoms with Crippen LogP contribution in [0.2, 0.25) is 0 Å². The summed E-state index contributed by atoms with van der Waals surface area (Å²) < 4.78 is 11.4. The average Bonchev–Trinajstić information content (AvgIpc) is 2.98. The van der Waals surface area contributed by atoms with Gasteiger partial charge in [0.15, 0.2) is 5.13 Å². The summed E-state index contributed by atoms with van der Waals surface area (Å²) in [5, 5.41) is 5.52. The van der Waals surface area contributed by atoms with E-state index in [1.165, 1.54) is 17.6 Å². The van der Waals surface area contributed by atoms with Crippen molar-refractivity contribution in [1.82, 2.24) is 4.98 Å². The maximum atomic E-state index is 12.1. The standard InChI is InChI=1S/C16H12N2O3S/c19-15(12-9-20-7-8-21-12)18-16-17-14-11-4-2-1-3-10(11)5-6-13(14)22-16/h1-6,9H,7-8H2,(H,17,18,19). The monoisotopic (exact) mass is 312 g/mol. The van der Waals surface area contributed by atoms with Gasteiger partial charge in [-0.1, -0.05) is 41.7 Å². The summed E-state index contributed by atoms with van der Waals surface area (Å²) >= 11 is 1.44. The molecule has 1 N–H and O–H groups in total. The van der Waals surface area contributed by atoms with Crippen LogP contribution in [0.15, 0.2) is 48.4 Å². The third kappa shape index (κ3) is 2.27. The first-order chi connectivity index (χ1) is 10.8. The molecule has 0 spiro atoms. The molecule has 0 saturated heterocycles. The van der Waals surface area contributed by atoms with Crippen molar-refractivity contribution >= 4 is 43.4 Å². The third-order valence-corrected chi connectivity index (χ3v) is 4.31. The molecule has 4 rings (SSSR count). The molecule has 0 atom stereocenters. The van der Waals surface area contributed by atoms with Gasteiger partial charge in [0.1, 0.15) is 19.5 Å². The molecule has 3 aromatic rings. The van der Waals surface area contributed by atoms with Crippen LogP contribution in [0.3, 0.4) is 0 Å². The van der Waals surface area contributed by atoms with Gasteiger partial charge < -0.3 is 9.47 Å². The largest absolute Gasteiger partial charge is 0.494 e. The van der Waals surface area contributed by atoms with Gasteiger partial charge in [-0.15, -0.1) is 0 Å². The molecule has 0 aliphatic carbocycles. The molecule has 2 aromatic carbocycles. The van der Waals surface area contributed by atoms with Crippen LogP contribution >= 0.6 is 11.3 Å². The molecule has 0 fully saturated rings. The smallest absolute Gasteiger partial charge is 0.295 e. The minimum Gasteiger partial charge on any atom is -0.494 e. The summed E-state index contributed by atoms with van der Waals surface area (Å²) in [4.78, 5) is 16.6. The second kappa shape index (κ2) is 5.31. The van der Waals surface area contributed by atoms with Crippen LogP contribution in [-0.4, -0.2) is 24.1 Å². The second-order valence-electron chi connectivity index (χ2n) is 4.81. The zero-order valence-corrected chi connectivity index (χ0v) is 12.4. The Morgan fingerprint density at radius 2 is 2.09 bits per heavy atom. The predicted octanol–water partition coefficient (Wildman–Crippen LogP) is 3.28. The van der Waals surface area contributed by atoms with Gasteiger partial charge in [-0.3, -0.25) is 10.1 Å². The maximum absolute atomic E-state index is 12.1. The number of nitrogens with one attached hydrogen (secondary N) is 1. The van der Waals surface area contributed by atoms with E-state index in [1.807, 2.05) is 30.3 Å². The van der Waals surface area contributed by atoms with E-state index in [9.17, 15) is 4.79 Å². The zero-order chi connectivity index (χ0) is 14.9. The number of rotatable bonds is 2. The van der Waals surface area contributed by atoms with E-state index in [2.05, 4.69) is 16.4 Å². The van der Waals surface area contributed by atoms with Gasteiger partial charge in [0, 0.05) is 5.39 Å². The zero-order valence-electron chi connectivity index (χ0n) is 11.5. The van der Waals surface area contributed by atoms with Crippen molar-refractivity contribution in [2.45, 2.75) is 0 Å². The summed E-state index contributed by atoms with van der Waals surface area (Å²) in [6.45, 7) is 0.841. The van der Waals surface area contributed by atoms with Crippen LogP contribution < -0.4 is 5.32 Å². The van der Waals surface area contributed by atoms with Gasteiger partial charge in [0.25, 0.3) is 5.91 Å². The molecule has 22 heavy (non-hydrogen) atoms. The normalized spacial score (nSPS) is 14.3. The first kappa shape index (κ1) is 13.1. The number of benzene rings is 2. The number of fused-ring (bicyclic) bond motifs is 3. The van der Waals surface area contributed by atoms with Crippen LogP contribution in [0.4, 0.5) is 5.13 Å². The van der Waals surface area contributed by atoms with Crippen LogP contribution in [0.25, 0.3) is 21.0 Å². The van der Waals surface area contributed by atoms with Gasteiger partial charge >= 0.3 is 0 Å². The molecule has 0 radical (unpaired) electrons. The van der Waals surface area contributed by atoms with Crippen LogP contribution in [0.1, 0.15) is 0 Å². The Morgan fingerprint density at radius 3 is 2.95 bits per heavy atom. The fourth-order valence-corrected chi connectivity index (χ4v) is 3.24. The highest BCUT2D eigenvalue weighted by Gasteiger charge is 2.17. The Bertz CT molecular complexity index is 901. The van der Waals surface area contributed by atoms with Crippen molar-refractivity contribution in [1.29, 1.82) is 0 Å². The molecule has 1 amide bonds. The quantitative estimate of drug-likeness (QED) is 0.789. The van der Waals surface area contributed by atoms with E-state index in [0.717, 1.165) is 21.0 Å². The molecule has 1 aliphatic rings. The van der Waals surface area contributed by atoms with Gasteiger partial charge in [-0.05, 0) is 11.5 Å². The van der Waals surface area contributed by atoms with Crippen molar-refractivity contribution in [3.63, 3.8) is 0 Å². The molecule has 110 valence electrons. The molecule has 0 unspecified atom stereocenters. The van der Waals surface area contributed by atoms with Gasteiger partial charge in [-0.2, -0.15) is 0 Å². The van der Waals surface area contributed by atoms with Crippen LogP contribution in [-0.2, 0) is 14.3 Å². The lowest BCUT2D eigenvalue weighted by molar-refractivity contribution is -0.117. The second-order valence-corrected chi connectivity index (χ2v) is 5.84. The Labute approximate surface area is 130 Å². The predicted molar refractivity (Wildman–Crippen MR) is 85.7 cm³/mol. The Balaban J connectivity index is 1.69. The molecule has 1 aliphatic heterocycles.